The summed E-state index contributed by atoms with van der Waals surface area (Å²) < 4.78 is 0. The van der Waals surface area contributed by atoms with Crippen molar-refractivity contribution in [2.45, 2.75) is 44.6 Å². The maximum absolute atomic E-state index is 12.3. The molecule has 0 saturated heterocycles. The molecule has 2 saturated carbocycles. The van der Waals surface area contributed by atoms with Crippen molar-refractivity contribution in [1.82, 2.24) is 9.80 Å². The van der Waals surface area contributed by atoms with Gasteiger partial charge < -0.3 is 14.9 Å². The summed E-state index contributed by atoms with van der Waals surface area (Å²) in [6.07, 6.45) is 5.41. The summed E-state index contributed by atoms with van der Waals surface area (Å²) in [6, 6.07) is 0.523. The fraction of sp³-hybridized carbons (Fsp3) is 0.846. The zero-order chi connectivity index (χ0) is 13.1. The fourth-order valence-corrected chi connectivity index (χ4v) is 2.13. The van der Waals surface area contributed by atoms with E-state index in [1.54, 1.807) is 11.9 Å². The molecule has 2 aliphatic rings. The van der Waals surface area contributed by atoms with E-state index < -0.39 is 5.97 Å². The molecule has 0 unspecified atom stereocenters. The molecular weight excluding hydrogens is 232 g/mol. The highest BCUT2D eigenvalue weighted by Gasteiger charge is 2.37. The first-order valence-electron chi connectivity index (χ1n) is 6.81. The summed E-state index contributed by atoms with van der Waals surface area (Å²) in [7, 11) is 1.77. The summed E-state index contributed by atoms with van der Waals surface area (Å²) in [5.74, 6) is -0.0881. The van der Waals surface area contributed by atoms with Gasteiger partial charge in [-0.3, -0.25) is 4.79 Å². The largest absolute Gasteiger partial charge is 0.481 e. The van der Waals surface area contributed by atoms with Crippen LogP contribution < -0.4 is 0 Å². The molecular formula is C13H22N2O3. The van der Waals surface area contributed by atoms with Crippen molar-refractivity contribution < 1.29 is 14.7 Å². The third kappa shape index (κ3) is 3.89. The molecule has 0 aromatic rings. The molecule has 5 heteroatoms. The van der Waals surface area contributed by atoms with Gasteiger partial charge in [-0.2, -0.15) is 0 Å². The van der Waals surface area contributed by atoms with Crippen LogP contribution >= 0.6 is 0 Å². The molecule has 0 radical (unpaired) electrons. The van der Waals surface area contributed by atoms with Crippen LogP contribution in [-0.4, -0.2) is 53.1 Å². The Labute approximate surface area is 108 Å². The molecule has 0 spiro atoms. The van der Waals surface area contributed by atoms with Crippen molar-refractivity contribution in [3.63, 3.8) is 0 Å². The smallest absolute Gasteiger partial charge is 0.319 e. The van der Waals surface area contributed by atoms with E-state index in [0.717, 1.165) is 19.4 Å². The first-order valence-corrected chi connectivity index (χ1v) is 6.81. The maximum atomic E-state index is 12.3. The molecule has 1 N–H and O–H groups in total. The van der Waals surface area contributed by atoms with Crippen molar-refractivity contribution >= 4 is 12.0 Å². The van der Waals surface area contributed by atoms with E-state index in [1.807, 2.05) is 4.90 Å². The van der Waals surface area contributed by atoms with Gasteiger partial charge in [0.2, 0.25) is 0 Å². The van der Waals surface area contributed by atoms with Crippen molar-refractivity contribution in [2.75, 3.05) is 20.1 Å². The number of carbonyl (C=O) groups excluding carboxylic acids is 1. The molecule has 2 fully saturated rings. The number of carboxylic acids is 1. The van der Waals surface area contributed by atoms with Crippen molar-refractivity contribution in [3.8, 4) is 0 Å². The van der Waals surface area contributed by atoms with Gasteiger partial charge in [0.25, 0.3) is 0 Å². The molecule has 2 amide bonds. The zero-order valence-corrected chi connectivity index (χ0v) is 11.0. The van der Waals surface area contributed by atoms with Gasteiger partial charge in [-0.25, -0.2) is 4.79 Å². The average Bonchev–Trinajstić information content (AvgIpc) is 3.15. The van der Waals surface area contributed by atoms with Crippen LogP contribution in [0.2, 0.25) is 0 Å². The van der Waals surface area contributed by atoms with E-state index >= 15 is 0 Å². The Morgan fingerprint density at radius 3 is 2.39 bits per heavy atom. The monoisotopic (exact) mass is 254 g/mol. The fourth-order valence-electron chi connectivity index (χ4n) is 2.13. The van der Waals surface area contributed by atoms with Gasteiger partial charge in [-0.1, -0.05) is 0 Å². The molecule has 0 atom stereocenters. The summed E-state index contributed by atoms with van der Waals surface area (Å²) in [5.41, 5.74) is 0. The second-order valence-corrected chi connectivity index (χ2v) is 5.53. The van der Waals surface area contributed by atoms with Gasteiger partial charge in [0.05, 0.1) is 0 Å². The summed E-state index contributed by atoms with van der Waals surface area (Å²) in [6.45, 7) is 1.42. The number of carbonyl (C=O) groups is 2. The number of hydrogen-bond acceptors (Lipinski definition) is 2. The van der Waals surface area contributed by atoms with E-state index in [0.29, 0.717) is 24.9 Å². The van der Waals surface area contributed by atoms with E-state index in [4.69, 9.17) is 5.11 Å². The van der Waals surface area contributed by atoms with Gasteiger partial charge in [0.15, 0.2) is 0 Å². The van der Waals surface area contributed by atoms with E-state index in [-0.39, 0.29) is 12.5 Å². The van der Waals surface area contributed by atoms with Crippen LogP contribution in [0.25, 0.3) is 0 Å². The lowest BCUT2D eigenvalue weighted by molar-refractivity contribution is -0.137. The Kier molecular flexibility index (Phi) is 4.09. The second-order valence-electron chi connectivity index (χ2n) is 5.53. The Hall–Kier alpha value is -1.26. The number of urea groups is 1. The molecule has 102 valence electrons. The van der Waals surface area contributed by atoms with Crippen LogP contribution in [0.4, 0.5) is 4.79 Å². The number of nitrogens with zero attached hydrogens (tertiary/aromatic N) is 2. The lowest BCUT2D eigenvalue weighted by Crippen LogP contribution is -2.43. The first-order chi connectivity index (χ1) is 8.58. The van der Waals surface area contributed by atoms with Crippen molar-refractivity contribution in [2.24, 2.45) is 5.92 Å². The van der Waals surface area contributed by atoms with E-state index in [2.05, 4.69) is 0 Å². The second kappa shape index (κ2) is 5.59. The van der Waals surface area contributed by atoms with Gasteiger partial charge in [0.1, 0.15) is 0 Å². The molecule has 0 bridgehead atoms. The number of rotatable bonds is 7. The van der Waals surface area contributed by atoms with Gasteiger partial charge in [0, 0.05) is 32.6 Å². The minimum Gasteiger partial charge on any atom is -0.481 e. The quantitative estimate of drug-likeness (QED) is 0.753. The third-order valence-electron chi connectivity index (χ3n) is 3.60. The van der Waals surface area contributed by atoms with Crippen molar-refractivity contribution in [3.05, 3.63) is 0 Å². The molecule has 2 rings (SSSR count). The summed E-state index contributed by atoms with van der Waals surface area (Å²) in [5, 5.41) is 8.59. The predicted octanol–water partition coefficient (Wildman–Crippen LogP) is 1.78. The molecule has 0 aromatic carbocycles. The SMILES string of the molecule is CN(CCCC(=O)O)C(=O)N(CC1CC1)C1CC1. The number of amides is 2. The van der Waals surface area contributed by atoms with Gasteiger partial charge in [-0.05, 0) is 38.0 Å². The molecule has 18 heavy (non-hydrogen) atoms. The Bertz CT molecular complexity index is 324. The summed E-state index contributed by atoms with van der Waals surface area (Å²) in [4.78, 5) is 26.4. The average molecular weight is 254 g/mol. The topological polar surface area (TPSA) is 60.9 Å². The van der Waals surface area contributed by atoms with Gasteiger partial charge >= 0.3 is 12.0 Å². The van der Waals surface area contributed by atoms with Crippen LogP contribution in [-0.2, 0) is 4.79 Å². The van der Waals surface area contributed by atoms with Crippen LogP contribution in [0.3, 0.4) is 0 Å². The molecule has 0 aromatic heterocycles. The predicted molar refractivity (Wildman–Crippen MR) is 67.3 cm³/mol. The highest BCUT2D eigenvalue weighted by molar-refractivity contribution is 5.75. The Morgan fingerprint density at radius 1 is 1.22 bits per heavy atom. The van der Waals surface area contributed by atoms with Gasteiger partial charge in [-0.15, -0.1) is 0 Å². The summed E-state index contributed by atoms with van der Waals surface area (Å²) >= 11 is 0. The molecule has 5 nitrogen and oxygen atoms in total. The number of hydrogen-bond donors (Lipinski definition) is 1. The Morgan fingerprint density at radius 2 is 1.89 bits per heavy atom. The highest BCUT2D eigenvalue weighted by atomic mass is 16.4. The van der Waals surface area contributed by atoms with E-state index in [9.17, 15) is 9.59 Å². The number of aliphatic carboxylic acids is 1. The maximum Gasteiger partial charge on any atom is 0.319 e. The van der Waals surface area contributed by atoms with Crippen LogP contribution in [0, 0.1) is 5.92 Å². The standard InChI is InChI=1S/C13H22N2O3/c1-14(8-2-3-12(16)17)13(18)15(11-6-7-11)9-10-4-5-10/h10-11H,2-9H2,1H3,(H,16,17). The minimum absolute atomic E-state index is 0.0785. The zero-order valence-electron chi connectivity index (χ0n) is 11.0. The Balaban J connectivity index is 1.77. The third-order valence-corrected chi connectivity index (χ3v) is 3.60. The molecule has 2 aliphatic carbocycles. The first kappa shape index (κ1) is 13.2. The van der Waals surface area contributed by atoms with Crippen molar-refractivity contribution in [1.29, 1.82) is 0 Å². The van der Waals surface area contributed by atoms with Crippen LogP contribution in [0.15, 0.2) is 0 Å². The van der Waals surface area contributed by atoms with Crippen LogP contribution in [0.1, 0.15) is 38.5 Å². The lowest BCUT2D eigenvalue weighted by Gasteiger charge is -2.28. The normalized spacial score (nSPS) is 18.5. The highest BCUT2D eigenvalue weighted by Crippen LogP contribution is 2.35. The van der Waals surface area contributed by atoms with E-state index in [1.165, 1.54) is 12.8 Å². The number of carboxylic acid groups (broad SMARTS) is 1. The lowest BCUT2D eigenvalue weighted by atomic mass is 10.3. The minimum atomic E-state index is -0.798. The molecule has 0 aliphatic heterocycles. The van der Waals surface area contributed by atoms with Crippen LogP contribution in [0.5, 0.6) is 0 Å². The molecule has 0 heterocycles.